The Morgan fingerprint density at radius 1 is 1.30 bits per heavy atom. The van der Waals surface area contributed by atoms with Crippen molar-refractivity contribution in [3.8, 4) is 0 Å². The lowest BCUT2D eigenvalue weighted by Crippen LogP contribution is -2.14. The Labute approximate surface area is 61.7 Å². The normalized spacial score (nSPS) is 47.1. The van der Waals surface area contributed by atoms with E-state index in [0.29, 0.717) is 11.5 Å². The molecular weight excluding hydrogens is 126 g/mol. The fourth-order valence-electron chi connectivity index (χ4n) is 1.98. The summed E-state index contributed by atoms with van der Waals surface area (Å²) in [5, 5.41) is 0. The van der Waals surface area contributed by atoms with Gasteiger partial charge in [-0.3, -0.25) is 0 Å². The van der Waals surface area contributed by atoms with E-state index in [2.05, 4.69) is 0 Å². The quantitative estimate of drug-likeness (QED) is 0.544. The largest absolute Gasteiger partial charge is 0.381 e. The van der Waals surface area contributed by atoms with E-state index in [1.54, 1.807) is 0 Å². The summed E-state index contributed by atoms with van der Waals surface area (Å²) >= 11 is 0. The molecule has 2 N–H and O–H groups in total. The standard InChI is InChI=1S/C8H15NO/c9-7-6-8(7)2-1-4-10-5-3-8/h7H,1-6,9H2. The third kappa shape index (κ3) is 0.956. The fraction of sp³-hybridized carbons (Fsp3) is 1.00. The minimum Gasteiger partial charge on any atom is -0.381 e. The second-order valence-electron chi connectivity index (χ2n) is 3.64. The molecule has 0 amide bonds. The first-order valence-corrected chi connectivity index (χ1v) is 4.17. The minimum atomic E-state index is 0.495. The van der Waals surface area contributed by atoms with Gasteiger partial charge in [0, 0.05) is 19.3 Å². The molecule has 58 valence electrons. The highest BCUT2D eigenvalue weighted by atomic mass is 16.5. The number of ether oxygens (including phenoxy) is 1. The summed E-state index contributed by atoms with van der Waals surface area (Å²) in [6, 6.07) is 0.495. The number of hydrogen-bond donors (Lipinski definition) is 1. The summed E-state index contributed by atoms with van der Waals surface area (Å²) in [5.41, 5.74) is 6.37. The highest BCUT2D eigenvalue weighted by molar-refractivity contribution is 5.05. The summed E-state index contributed by atoms with van der Waals surface area (Å²) in [6.45, 7) is 1.89. The molecule has 10 heavy (non-hydrogen) atoms. The van der Waals surface area contributed by atoms with E-state index in [4.69, 9.17) is 10.5 Å². The van der Waals surface area contributed by atoms with Gasteiger partial charge in [0.05, 0.1) is 0 Å². The summed E-state index contributed by atoms with van der Waals surface area (Å²) < 4.78 is 5.36. The van der Waals surface area contributed by atoms with Crippen molar-refractivity contribution >= 4 is 0 Å². The van der Waals surface area contributed by atoms with Crippen molar-refractivity contribution in [1.29, 1.82) is 0 Å². The van der Waals surface area contributed by atoms with Crippen LogP contribution in [0, 0.1) is 5.41 Å². The van der Waals surface area contributed by atoms with Gasteiger partial charge >= 0.3 is 0 Å². The molecule has 2 atom stereocenters. The Morgan fingerprint density at radius 2 is 2.10 bits per heavy atom. The zero-order valence-corrected chi connectivity index (χ0v) is 6.31. The monoisotopic (exact) mass is 141 g/mol. The Bertz CT molecular complexity index is 127. The van der Waals surface area contributed by atoms with Crippen molar-refractivity contribution in [3.05, 3.63) is 0 Å². The Balaban J connectivity index is 1.95. The van der Waals surface area contributed by atoms with E-state index < -0.39 is 0 Å². The van der Waals surface area contributed by atoms with Crippen LogP contribution in [0.25, 0.3) is 0 Å². The SMILES string of the molecule is NC1CC12CCCOCC2. The molecule has 1 aliphatic carbocycles. The summed E-state index contributed by atoms with van der Waals surface area (Å²) in [5.74, 6) is 0. The van der Waals surface area contributed by atoms with Crippen molar-refractivity contribution in [1.82, 2.24) is 0 Å². The molecule has 1 spiro atoms. The lowest BCUT2D eigenvalue weighted by molar-refractivity contribution is 0.140. The van der Waals surface area contributed by atoms with E-state index in [1.807, 2.05) is 0 Å². The molecule has 2 aliphatic rings. The van der Waals surface area contributed by atoms with E-state index in [1.165, 1.54) is 25.7 Å². The lowest BCUT2D eigenvalue weighted by atomic mass is 9.97. The highest BCUT2D eigenvalue weighted by Crippen LogP contribution is 2.52. The predicted molar refractivity (Wildman–Crippen MR) is 39.7 cm³/mol. The fourth-order valence-corrected chi connectivity index (χ4v) is 1.98. The van der Waals surface area contributed by atoms with Gasteiger partial charge in [0.1, 0.15) is 0 Å². The molecule has 1 aliphatic heterocycles. The maximum absolute atomic E-state index is 5.85. The van der Waals surface area contributed by atoms with Crippen LogP contribution >= 0.6 is 0 Å². The second-order valence-corrected chi connectivity index (χ2v) is 3.64. The van der Waals surface area contributed by atoms with Crippen LogP contribution in [-0.2, 0) is 4.74 Å². The molecular formula is C8H15NO. The smallest absolute Gasteiger partial charge is 0.0471 e. The van der Waals surface area contributed by atoms with Gasteiger partial charge in [-0.2, -0.15) is 0 Å². The maximum Gasteiger partial charge on any atom is 0.0471 e. The Morgan fingerprint density at radius 3 is 2.80 bits per heavy atom. The lowest BCUT2D eigenvalue weighted by Gasteiger charge is -2.09. The Kier molecular flexibility index (Phi) is 1.46. The third-order valence-electron chi connectivity index (χ3n) is 2.96. The average Bonchev–Trinajstić information content (AvgIpc) is 2.60. The van der Waals surface area contributed by atoms with Crippen LogP contribution in [0.15, 0.2) is 0 Å². The van der Waals surface area contributed by atoms with Crippen LogP contribution in [-0.4, -0.2) is 19.3 Å². The molecule has 0 radical (unpaired) electrons. The van der Waals surface area contributed by atoms with Crippen LogP contribution in [0.5, 0.6) is 0 Å². The second kappa shape index (κ2) is 2.21. The summed E-state index contributed by atoms with van der Waals surface area (Å²) in [4.78, 5) is 0. The molecule has 2 heteroatoms. The van der Waals surface area contributed by atoms with Gasteiger partial charge in [0.2, 0.25) is 0 Å². The van der Waals surface area contributed by atoms with Gasteiger partial charge in [-0.1, -0.05) is 0 Å². The average molecular weight is 141 g/mol. The molecule has 0 aromatic rings. The van der Waals surface area contributed by atoms with E-state index >= 15 is 0 Å². The van der Waals surface area contributed by atoms with Gasteiger partial charge in [-0.05, 0) is 31.1 Å². The molecule has 2 unspecified atom stereocenters. The number of hydrogen-bond acceptors (Lipinski definition) is 2. The molecule has 1 saturated heterocycles. The van der Waals surface area contributed by atoms with Gasteiger partial charge in [0.15, 0.2) is 0 Å². The number of nitrogens with two attached hydrogens (primary N) is 1. The van der Waals surface area contributed by atoms with E-state index in [-0.39, 0.29) is 0 Å². The first-order chi connectivity index (χ1) is 4.83. The van der Waals surface area contributed by atoms with Gasteiger partial charge in [-0.25, -0.2) is 0 Å². The van der Waals surface area contributed by atoms with Crippen molar-refractivity contribution in [2.24, 2.45) is 11.1 Å². The predicted octanol–water partition coefficient (Wildman–Crippen LogP) is 0.904. The third-order valence-corrected chi connectivity index (χ3v) is 2.96. The molecule has 2 rings (SSSR count). The van der Waals surface area contributed by atoms with Crippen LogP contribution in [0.1, 0.15) is 25.7 Å². The van der Waals surface area contributed by atoms with Crippen molar-refractivity contribution < 1.29 is 4.74 Å². The molecule has 0 bridgehead atoms. The van der Waals surface area contributed by atoms with Gasteiger partial charge in [0.25, 0.3) is 0 Å². The molecule has 2 nitrogen and oxygen atoms in total. The maximum atomic E-state index is 5.85. The van der Waals surface area contributed by atoms with E-state index in [9.17, 15) is 0 Å². The summed E-state index contributed by atoms with van der Waals surface area (Å²) in [7, 11) is 0. The van der Waals surface area contributed by atoms with Crippen LogP contribution in [0.3, 0.4) is 0 Å². The van der Waals surface area contributed by atoms with Crippen molar-refractivity contribution in [3.63, 3.8) is 0 Å². The topological polar surface area (TPSA) is 35.2 Å². The first-order valence-electron chi connectivity index (χ1n) is 4.17. The summed E-state index contributed by atoms with van der Waals surface area (Å²) in [6.07, 6.45) is 4.96. The highest BCUT2D eigenvalue weighted by Gasteiger charge is 2.50. The van der Waals surface area contributed by atoms with Crippen LogP contribution < -0.4 is 5.73 Å². The van der Waals surface area contributed by atoms with Gasteiger partial charge in [-0.15, -0.1) is 0 Å². The van der Waals surface area contributed by atoms with Crippen molar-refractivity contribution in [2.75, 3.05) is 13.2 Å². The van der Waals surface area contributed by atoms with Crippen molar-refractivity contribution in [2.45, 2.75) is 31.7 Å². The van der Waals surface area contributed by atoms with E-state index in [0.717, 1.165) is 13.2 Å². The zero-order chi connectivity index (χ0) is 7.03. The first kappa shape index (κ1) is 6.62. The van der Waals surface area contributed by atoms with Gasteiger partial charge < -0.3 is 10.5 Å². The molecule has 1 heterocycles. The van der Waals surface area contributed by atoms with Crippen LogP contribution in [0.2, 0.25) is 0 Å². The van der Waals surface area contributed by atoms with Crippen LogP contribution in [0.4, 0.5) is 0 Å². The number of rotatable bonds is 0. The minimum absolute atomic E-state index is 0.495. The molecule has 0 aromatic heterocycles. The molecule has 1 saturated carbocycles. The molecule has 2 fully saturated rings. The zero-order valence-electron chi connectivity index (χ0n) is 6.31. The Hall–Kier alpha value is -0.0800. The molecule has 0 aromatic carbocycles.